The van der Waals surface area contributed by atoms with E-state index in [4.69, 9.17) is 15.8 Å². The number of anilines is 1. The number of nitrogens with one attached hydrogen (secondary N) is 1. The van der Waals surface area contributed by atoms with Gasteiger partial charge < -0.3 is 9.50 Å². The van der Waals surface area contributed by atoms with Crippen molar-refractivity contribution in [3.05, 3.63) is 93.5 Å². The van der Waals surface area contributed by atoms with Crippen LogP contribution >= 0.6 is 11.6 Å². The van der Waals surface area contributed by atoms with E-state index in [9.17, 15) is 23.3 Å². The maximum Gasteiger partial charge on any atom is 0.339 e. The number of carbonyl (C=O) groups is 1. The molecule has 0 aliphatic carbocycles. The Bertz CT molecular complexity index is 1200. The minimum atomic E-state index is -4.28. The number of halogens is 1. The first-order valence-electron chi connectivity index (χ1n) is 8.10. The first kappa shape index (κ1) is 20.3. The molecule has 0 heterocycles. The van der Waals surface area contributed by atoms with Crippen molar-refractivity contribution in [1.82, 2.24) is 0 Å². The predicted octanol–water partition coefficient (Wildman–Crippen LogP) is 4.27. The third-order valence-corrected chi connectivity index (χ3v) is 5.18. The highest BCUT2D eigenvalue weighted by atomic mass is 35.5. The standard InChI is InChI=1S/C19H13ClN2O6S/c20-14-5-1-4-13(10-14)19(23)21-15-6-2-9-18(11-15)29(26,27)28-17-8-3-7-16(12-17)22(24)25/h1-12H,(H,21,23). The highest BCUT2D eigenvalue weighted by molar-refractivity contribution is 7.87. The number of non-ortho nitro benzene ring substituents is 1. The summed E-state index contributed by atoms with van der Waals surface area (Å²) in [5, 5.41) is 13.8. The van der Waals surface area contributed by atoms with Gasteiger partial charge in [0, 0.05) is 22.3 Å². The van der Waals surface area contributed by atoms with Gasteiger partial charge in [0.15, 0.2) is 0 Å². The zero-order valence-corrected chi connectivity index (χ0v) is 16.2. The van der Waals surface area contributed by atoms with E-state index in [1.165, 1.54) is 48.5 Å². The maximum absolute atomic E-state index is 12.5. The molecule has 0 unspecified atom stereocenters. The van der Waals surface area contributed by atoms with Gasteiger partial charge in [0.2, 0.25) is 0 Å². The number of rotatable bonds is 6. The molecule has 3 rings (SSSR count). The fourth-order valence-corrected chi connectivity index (χ4v) is 3.55. The fourth-order valence-electron chi connectivity index (χ4n) is 2.39. The molecule has 0 bridgehead atoms. The van der Waals surface area contributed by atoms with Crippen LogP contribution in [0.25, 0.3) is 0 Å². The molecule has 0 spiro atoms. The molecule has 0 saturated heterocycles. The molecular formula is C19H13ClN2O6S. The number of hydrogen-bond donors (Lipinski definition) is 1. The van der Waals surface area contributed by atoms with E-state index < -0.39 is 20.9 Å². The van der Waals surface area contributed by atoms with Gasteiger partial charge in [-0.15, -0.1) is 0 Å². The van der Waals surface area contributed by atoms with E-state index in [1.54, 1.807) is 18.2 Å². The minimum Gasteiger partial charge on any atom is -0.379 e. The highest BCUT2D eigenvalue weighted by Gasteiger charge is 2.19. The second kappa shape index (κ2) is 8.29. The third-order valence-electron chi connectivity index (χ3n) is 3.70. The molecule has 3 aromatic carbocycles. The van der Waals surface area contributed by atoms with Crippen LogP contribution in [0.15, 0.2) is 77.7 Å². The Morgan fingerprint density at radius 2 is 1.72 bits per heavy atom. The molecule has 0 aliphatic heterocycles. The van der Waals surface area contributed by atoms with Crippen molar-refractivity contribution in [3.63, 3.8) is 0 Å². The Hall–Kier alpha value is -3.43. The van der Waals surface area contributed by atoms with Crippen molar-refractivity contribution < 1.29 is 22.3 Å². The molecule has 10 heteroatoms. The molecule has 0 fully saturated rings. The molecule has 0 radical (unpaired) electrons. The number of nitro groups is 1. The van der Waals surface area contributed by atoms with Crippen molar-refractivity contribution >= 4 is 39.0 Å². The predicted molar refractivity (Wildman–Crippen MR) is 107 cm³/mol. The number of hydrogen-bond acceptors (Lipinski definition) is 6. The Kier molecular flexibility index (Phi) is 5.81. The first-order chi connectivity index (χ1) is 13.7. The molecule has 8 nitrogen and oxygen atoms in total. The topological polar surface area (TPSA) is 116 Å². The summed E-state index contributed by atoms with van der Waals surface area (Å²) in [6, 6.07) is 16.5. The number of benzene rings is 3. The normalized spacial score (nSPS) is 10.9. The highest BCUT2D eigenvalue weighted by Crippen LogP contribution is 2.24. The Morgan fingerprint density at radius 1 is 1.00 bits per heavy atom. The van der Waals surface area contributed by atoms with Gasteiger partial charge in [0.1, 0.15) is 10.6 Å². The minimum absolute atomic E-state index is 0.201. The van der Waals surface area contributed by atoms with E-state index in [0.717, 1.165) is 6.07 Å². The lowest BCUT2D eigenvalue weighted by molar-refractivity contribution is -0.384. The monoisotopic (exact) mass is 432 g/mol. The van der Waals surface area contributed by atoms with Crippen LogP contribution < -0.4 is 9.50 Å². The summed E-state index contributed by atoms with van der Waals surface area (Å²) in [5.41, 5.74) is 0.220. The van der Waals surface area contributed by atoms with Gasteiger partial charge in [0.05, 0.1) is 11.0 Å². The van der Waals surface area contributed by atoms with Crippen LogP contribution in [0.4, 0.5) is 11.4 Å². The molecule has 3 aromatic rings. The summed E-state index contributed by atoms with van der Waals surface area (Å²) in [4.78, 5) is 22.2. The van der Waals surface area contributed by atoms with Crippen LogP contribution in [0.2, 0.25) is 5.02 Å². The second-order valence-electron chi connectivity index (χ2n) is 5.78. The van der Waals surface area contributed by atoms with E-state index in [0.29, 0.717) is 10.6 Å². The average Bonchev–Trinajstić information content (AvgIpc) is 2.68. The van der Waals surface area contributed by atoms with Crippen LogP contribution in [0.1, 0.15) is 10.4 Å². The van der Waals surface area contributed by atoms with Gasteiger partial charge in [-0.3, -0.25) is 14.9 Å². The lowest BCUT2D eigenvalue weighted by Crippen LogP contribution is -2.13. The van der Waals surface area contributed by atoms with Gasteiger partial charge in [-0.05, 0) is 42.5 Å². The number of carbonyl (C=O) groups excluding carboxylic acids is 1. The van der Waals surface area contributed by atoms with Gasteiger partial charge in [-0.2, -0.15) is 8.42 Å². The molecule has 148 valence electrons. The fraction of sp³-hybridized carbons (Fsp3) is 0. The SMILES string of the molecule is O=C(Nc1cccc(S(=O)(=O)Oc2cccc([N+](=O)[O-])c2)c1)c1cccc(Cl)c1. The lowest BCUT2D eigenvalue weighted by Gasteiger charge is -2.10. The number of amides is 1. The quantitative estimate of drug-likeness (QED) is 0.353. The first-order valence-corrected chi connectivity index (χ1v) is 9.89. The summed E-state index contributed by atoms with van der Waals surface area (Å²) in [5.74, 6) is -0.672. The summed E-state index contributed by atoms with van der Waals surface area (Å²) in [6.45, 7) is 0. The molecule has 0 atom stereocenters. The van der Waals surface area contributed by atoms with Gasteiger partial charge in [-0.25, -0.2) is 0 Å². The second-order valence-corrected chi connectivity index (χ2v) is 7.77. The summed E-state index contributed by atoms with van der Waals surface area (Å²) in [6.07, 6.45) is 0. The average molecular weight is 433 g/mol. The maximum atomic E-state index is 12.5. The smallest absolute Gasteiger partial charge is 0.339 e. The van der Waals surface area contributed by atoms with Crippen molar-refractivity contribution in [2.75, 3.05) is 5.32 Å². The van der Waals surface area contributed by atoms with Gasteiger partial charge in [0.25, 0.3) is 11.6 Å². The molecule has 29 heavy (non-hydrogen) atoms. The summed E-state index contributed by atoms with van der Waals surface area (Å²) < 4.78 is 30.0. The van der Waals surface area contributed by atoms with E-state index >= 15 is 0 Å². The van der Waals surface area contributed by atoms with Crippen LogP contribution in [0.5, 0.6) is 5.75 Å². The zero-order chi connectivity index (χ0) is 21.0. The molecule has 0 aromatic heterocycles. The number of nitrogens with zero attached hydrogens (tertiary/aromatic N) is 1. The van der Waals surface area contributed by atoms with Crippen LogP contribution in [0, 0.1) is 10.1 Å². The Balaban J connectivity index is 1.81. The molecule has 0 saturated carbocycles. The third kappa shape index (κ3) is 5.09. The zero-order valence-electron chi connectivity index (χ0n) is 14.6. The van der Waals surface area contributed by atoms with Crippen molar-refractivity contribution in [1.29, 1.82) is 0 Å². The van der Waals surface area contributed by atoms with E-state index in [-0.39, 0.29) is 22.0 Å². The van der Waals surface area contributed by atoms with Crippen LogP contribution in [-0.4, -0.2) is 19.2 Å². The van der Waals surface area contributed by atoms with Gasteiger partial charge >= 0.3 is 10.1 Å². The summed E-state index contributed by atoms with van der Waals surface area (Å²) in [7, 11) is -4.28. The molecular weight excluding hydrogens is 420 g/mol. The van der Waals surface area contributed by atoms with E-state index in [1.807, 2.05) is 0 Å². The van der Waals surface area contributed by atoms with Crippen molar-refractivity contribution in [2.45, 2.75) is 4.90 Å². The lowest BCUT2D eigenvalue weighted by atomic mass is 10.2. The summed E-state index contributed by atoms with van der Waals surface area (Å²) >= 11 is 5.87. The molecule has 0 aliphatic rings. The number of nitro benzene ring substituents is 1. The van der Waals surface area contributed by atoms with Crippen LogP contribution in [0.3, 0.4) is 0 Å². The van der Waals surface area contributed by atoms with Crippen molar-refractivity contribution in [3.8, 4) is 5.75 Å². The van der Waals surface area contributed by atoms with Crippen LogP contribution in [-0.2, 0) is 10.1 Å². The molecule has 1 N–H and O–H groups in total. The molecule has 1 amide bonds. The Labute approximate surface area is 171 Å². The van der Waals surface area contributed by atoms with E-state index in [2.05, 4.69) is 5.32 Å². The van der Waals surface area contributed by atoms with Crippen molar-refractivity contribution in [2.24, 2.45) is 0 Å². The van der Waals surface area contributed by atoms with Gasteiger partial charge in [-0.1, -0.05) is 29.8 Å². The largest absolute Gasteiger partial charge is 0.379 e. The Morgan fingerprint density at radius 3 is 2.45 bits per heavy atom.